The number of hydrogen-bond acceptors (Lipinski definition) is 3. The Morgan fingerprint density at radius 1 is 0.909 bits per heavy atom. The molecule has 0 spiro atoms. The lowest BCUT2D eigenvalue weighted by Crippen LogP contribution is -2.21. The van der Waals surface area contributed by atoms with Gasteiger partial charge in [0.05, 0.1) is 12.5 Å². The average Bonchev–Trinajstić information content (AvgIpc) is 3.15. The third-order valence-electron chi connectivity index (χ3n) is 5.13. The molecule has 0 aromatic carbocycles. The first-order chi connectivity index (χ1) is 10.8. The van der Waals surface area contributed by atoms with E-state index in [0.29, 0.717) is 18.4 Å². The Labute approximate surface area is 141 Å². The van der Waals surface area contributed by atoms with Gasteiger partial charge >= 0.3 is 5.97 Å². The molecule has 3 heteroatoms. The van der Waals surface area contributed by atoms with Gasteiger partial charge in [-0.25, -0.2) is 0 Å². The minimum absolute atomic E-state index is 0.0565. The highest BCUT2D eigenvalue weighted by molar-refractivity contribution is 7.80. The van der Waals surface area contributed by atoms with Crippen LogP contribution in [0.3, 0.4) is 0 Å². The molecule has 0 amide bonds. The van der Waals surface area contributed by atoms with Crippen LogP contribution in [-0.4, -0.2) is 18.3 Å². The van der Waals surface area contributed by atoms with Gasteiger partial charge in [0.25, 0.3) is 0 Å². The molecule has 0 saturated heterocycles. The van der Waals surface area contributed by atoms with Gasteiger partial charge in [-0.3, -0.25) is 4.79 Å². The van der Waals surface area contributed by atoms with Crippen LogP contribution < -0.4 is 0 Å². The fourth-order valence-corrected chi connectivity index (χ4v) is 4.01. The van der Waals surface area contributed by atoms with Crippen molar-refractivity contribution >= 4 is 18.6 Å². The summed E-state index contributed by atoms with van der Waals surface area (Å²) in [6, 6.07) is 0. The first-order valence-corrected chi connectivity index (χ1v) is 9.90. The Balaban J connectivity index is 1.37. The van der Waals surface area contributed by atoms with Crippen molar-refractivity contribution in [1.29, 1.82) is 0 Å². The summed E-state index contributed by atoms with van der Waals surface area (Å²) >= 11 is 4.23. The van der Waals surface area contributed by atoms with Gasteiger partial charge in [0, 0.05) is 0 Å². The second-order valence-corrected chi connectivity index (χ2v) is 7.41. The predicted octanol–water partition coefficient (Wildman–Crippen LogP) is 5.18. The van der Waals surface area contributed by atoms with E-state index in [1.165, 1.54) is 57.8 Å². The number of carbonyl (C=O) groups is 1. The zero-order valence-electron chi connectivity index (χ0n) is 13.8. The molecule has 2 aliphatic carbocycles. The summed E-state index contributed by atoms with van der Waals surface area (Å²) in [6.07, 6.45) is 18.2. The van der Waals surface area contributed by atoms with E-state index in [1.54, 1.807) is 0 Å². The van der Waals surface area contributed by atoms with Gasteiger partial charge in [0.2, 0.25) is 0 Å². The maximum absolute atomic E-state index is 12.0. The highest BCUT2D eigenvalue weighted by Gasteiger charge is 2.40. The molecule has 1 fully saturated rings. The molecule has 0 heterocycles. The minimum atomic E-state index is 0.0565. The minimum Gasteiger partial charge on any atom is -0.465 e. The molecule has 2 aliphatic rings. The van der Waals surface area contributed by atoms with Crippen LogP contribution in [0.25, 0.3) is 0 Å². The van der Waals surface area contributed by atoms with E-state index in [-0.39, 0.29) is 11.9 Å². The number of unbranched alkanes of at least 4 members (excludes halogenated alkanes) is 8. The van der Waals surface area contributed by atoms with Crippen LogP contribution in [0.4, 0.5) is 0 Å². The molecule has 0 aromatic rings. The number of fused-ring (bicyclic) bond motifs is 2. The van der Waals surface area contributed by atoms with Crippen LogP contribution in [0.5, 0.6) is 0 Å². The molecule has 0 aliphatic heterocycles. The number of carbonyl (C=O) groups excluding carboxylic acids is 1. The van der Waals surface area contributed by atoms with Crippen molar-refractivity contribution in [1.82, 2.24) is 0 Å². The Morgan fingerprint density at radius 3 is 2.09 bits per heavy atom. The van der Waals surface area contributed by atoms with Crippen molar-refractivity contribution in [3.8, 4) is 0 Å². The maximum atomic E-state index is 12.0. The quantitative estimate of drug-likeness (QED) is 0.232. The van der Waals surface area contributed by atoms with Gasteiger partial charge in [0.1, 0.15) is 0 Å². The molecular weight excluding hydrogens is 292 g/mol. The Morgan fingerprint density at radius 2 is 1.55 bits per heavy atom. The van der Waals surface area contributed by atoms with E-state index < -0.39 is 0 Å². The van der Waals surface area contributed by atoms with E-state index >= 15 is 0 Å². The molecule has 1 saturated carbocycles. The summed E-state index contributed by atoms with van der Waals surface area (Å²) in [5, 5.41) is 0. The molecule has 2 bridgehead atoms. The Hall–Kier alpha value is -0.440. The second-order valence-electron chi connectivity index (χ2n) is 6.96. The normalized spacial score (nSPS) is 25.8. The number of allylic oxidation sites excluding steroid dienone is 2. The molecule has 126 valence electrons. The highest BCUT2D eigenvalue weighted by atomic mass is 32.1. The van der Waals surface area contributed by atoms with E-state index in [1.807, 2.05) is 0 Å². The van der Waals surface area contributed by atoms with Crippen molar-refractivity contribution in [3.05, 3.63) is 12.2 Å². The third-order valence-corrected chi connectivity index (χ3v) is 5.44. The summed E-state index contributed by atoms with van der Waals surface area (Å²) in [5.74, 6) is 2.36. The number of thiol groups is 1. The van der Waals surface area contributed by atoms with Crippen LogP contribution in [0.2, 0.25) is 0 Å². The van der Waals surface area contributed by atoms with E-state index in [2.05, 4.69) is 24.8 Å². The summed E-state index contributed by atoms with van der Waals surface area (Å²) in [6.45, 7) is 0.623. The third kappa shape index (κ3) is 5.98. The fraction of sp³-hybridized carbons (Fsp3) is 0.842. The molecule has 2 nitrogen and oxygen atoms in total. The zero-order valence-corrected chi connectivity index (χ0v) is 14.7. The van der Waals surface area contributed by atoms with Crippen LogP contribution in [0.1, 0.15) is 70.6 Å². The van der Waals surface area contributed by atoms with Gasteiger partial charge in [-0.15, -0.1) is 0 Å². The van der Waals surface area contributed by atoms with Crippen molar-refractivity contribution in [2.45, 2.75) is 70.6 Å². The smallest absolute Gasteiger partial charge is 0.309 e. The van der Waals surface area contributed by atoms with E-state index in [0.717, 1.165) is 18.6 Å². The largest absolute Gasteiger partial charge is 0.465 e. The zero-order chi connectivity index (χ0) is 15.6. The molecule has 0 aromatic heterocycles. The summed E-state index contributed by atoms with van der Waals surface area (Å²) in [4.78, 5) is 12.0. The maximum Gasteiger partial charge on any atom is 0.309 e. The molecular formula is C19H32O2S. The fourth-order valence-electron chi connectivity index (χ4n) is 3.78. The van der Waals surface area contributed by atoms with Crippen LogP contribution in [0.15, 0.2) is 12.2 Å². The molecule has 22 heavy (non-hydrogen) atoms. The number of esters is 1. The first-order valence-electron chi connectivity index (χ1n) is 9.27. The summed E-state index contributed by atoms with van der Waals surface area (Å²) in [5.41, 5.74) is 0. The van der Waals surface area contributed by atoms with Crippen molar-refractivity contribution in [2.24, 2.45) is 17.8 Å². The Kier molecular flexibility index (Phi) is 8.43. The van der Waals surface area contributed by atoms with Crippen molar-refractivity contribution in [3.63, 3.8) is 0 Å². The SMILES string of the molecule is O=C(OCCCCCCCCCCCS)C1C[C@H]2C=C[C@@H]1C2. The topological polar surface area (TPSA) is 26.3 Å². The highest BCUT2D eigenvalue weighted by Crippen LogP contribution is 2.43. The van der Waals surface area contributed by atoms with Crippen LogP contribution >= 0.6 is 12.6 Å². The van der Waals surface area contributed by atoms with Crippen LogP contribution in [-0.2, 0) is 9.53 Å². The van der Waals surface area contributed by atoms with E-state index in [9.17, 15) is 4.79 Å². The summed E-state index contributed by atoms with van der Waals surface area (Å²) in [7, 11) is 0. The lowest BCUT2D eigenvalue weighted by molar-refractivity contribution is -0.149. The van der Waals surface area contributed by atoms with Gasteiger partial charge in [-0.2, -0.15) is 12.6 Å². The van der Waals surface area contributed by atoms with Crippen LogP contribution in [0, 0.1) is 17.8 Å². The molecule has 0 radical (unpaired) electrons. The number of hydrogen-bond donors (Lipinski definition) is 1. The van der Waals surface area contributed by atoms with Crippen molar-refractivity contribution in [2.75, 3.05) is 12.4 Å². The van der Waals surface area contributed by atoms with Crippen molar-refractivity contribution < 1.29 is 9.53 Å². The first kappa shape index (κ1) is 17.9. The Bertz CT molecular complexity index is 353. The van der Waals surface area contributed by atoms with Gasteiger partial charge in [-0.05, 0) is 43.3 Å². The second kappa shape index (κ2) is 10.4. The predicted molar refractivity (Wildman–Crippen MR) is 95.2 cm³/mol. The standard InChI is InChI=1S/C19H32O2S/c20-19(18-15-16-10-11-17(18)14-16)21-12-8-6-4-2-1-3-5-7-9-13-22/h10-11,16-18,22H,1-9,12-15H2/t16-,17+,18?/m0/s1. The summed E-state index contributed by atoms with van der Waals surface area (Å²) < 4.78 is 5.47. The lowest BCUT2D eigenvalue weighted by atomic mass is 9.94. The van der Waals surface area contributed by atoms with Gasteiger partial charge in [-0.1, -0.05) is 57.1 Å². The molecule has 2 rings (SSSR count). The number of rotatable bonds is 12. The molecule has 1 unspecified atom stereocenters. The molecule has 0 N–H and O–H groups in total. The van der Waals surface area contributed by atoms with E-state index in [4.69, 9.17) is 4.74 Å². The lowest BCUT2D eigenvalue weighted by Gasteiger charge is -2.16. The van der Waals surface area contributed by atoms with Gasteiger partial charge < -0.3 is 4.74 Å². The van der Waals surface area contributed by atoms with Gasteiger partial charge in [0.15, 0.2) is 0 Å². The number of ether oxygens (including phenoxy) is 1. The monoisotopic (exact) mass is 324 g/mol. The molecule has 3 atom stereocenters. The average molecular weight is 325 g/mol.